The van der Waals surface area contributed by atoms with Crippen molar-refractivity contribution in [3.8, 4) is 11.5 Å². The molecule has 88 valence electrons. The van der Waals surface area contributed by atoms with Gasteiger partial charge in [-0.1, -0.05) is 12.1 Å². The number of hydrogen-bond acceptors (Lipinski definition) is 3. The standard InChI is InChI=1S/C13H19NO2/c1-10(2)15-12-5-3-4-6-13(12)16-11-7-8-14-9-11/h3-6,10-11,14H,7-9H2,1-2H3. The van der Waals surface area contributed by atoms with Crippen molar-refractivity contribution in [3.05, 3.63) is 24.3 Å². The van der Waals surface area contributed by atoms with Crippen molar-refractivity contribution in [1.29, 1.82) is 0 Å². The van der Waals surface area contributed by atoms with Crippen LogP contribution < -0.4 is 14.8 Å². The number of nitrogens with one attached hydrogen (secondary N) is 1. The Morgan fingerprint density at radius 2 is 2.00 bits per heavy atom. The molecule has 1 aromatic carbocycles. The van der Waals surface area contributed by atoms with Crippen LogP contribution in [0.4, 0.5) is 0 Å². The molecule has 1 saturated heterocycles. The van der Waals surface area contributed by atoms with Gasteiger partial charge in [0.1, 0.15) is 6.10 Å². The number of ether oxygens (including phenoxy) is 2. The minimum Gasteiger partial charge on any atom is -0.487 e. The van der Waals surface area contributed by atoms with E-state index in [2.05, 4.69) is 5.32 Å². The molecule has 3 nitrogen and oxygen atoms in total. The molecular weight excluding hydrogens is 202 g/mol. The van der Waals surface area contributed by atoms with Crippen LogP contribution >= 0.6 is 0 Å². The molecule has 0 spiro atoms. The second-order valence-corrected chi connectivity index (χ2v) is 4.35. The van der Waals surface area contributed by atoms with Gasteiger partial charge < -0.3 is 14.8 Å². The third-order valence-corrected chi connectivity index (χ3v) is 2.52. The highest BCUT2D eigenvalue weighted by molar-refractivity contribution is 5.39. The molecule has 0 saturated carbocycles. The second-order valence-electron chi connectivity index (χ2n) is 4.35. The van der Waals surface area contributed by atoms with E-state index in [0.717, 1.165) is 31.0 Å². The van der Waals surface area contributed by atoms with Gasteiger partial charge in [-0.3, -0.25) is 0 Å². The first-order chi connectivity index (χ1) is 7.75. The number of para-hydroxylation sites is 2. The summed E-state index contributed by atoms with van der Waals surface area (Å²) in [5.74, 6) is 1.69. The molecule has 1 fully saturated rings. The van der Waals surface area contributed by atoms with Crippen LogP contribution in [0.1, 0.15) is 20.3 Å². The maximum absolute atomic E-state index is 5.92. The SMILES string of the molecule is CC(C)Oc1ccccc1OC1CCNC1. The largest absolute Gasteiger partial charge is 0.487 e. The van der Waals surface area contributed by atoms with Gasteiger partial charge in [-0.2, -0.15) is 0 Å². The Hall–Kier alpha value is -1.22. The molecule has 1 aliphatic rings. The van der Waals surface area contributed by atoms with E-state index in [0.29, 0.717) is 0 Å². The zero-order valence-electron chi connectivity index (χ0n) is 9.90. The normalized spacial score (nSPS) is 20.1. The van der Waals surface area contributed by atoms with Crippen molar-refractivity contribution in [2.24, 2.45) is 0 Å². The van der Waals surface area contributed by atoms with Gasteiger partial charge in [0.15, 0.2) is 11.5 Å². The molecule has 0 aromatic heterocycles. The van der Waals surface area contributed by atoms with E-state index in [1.165, 1.54) is 0 Å². The minimum atomic E-state index is 0.173. The predicted molar refractivity (Wildman–Crippen MR) is 64.1 cm³/mol. The molecule has 3 heteroatoms. The van der Waals surface area contributed by atoms with E-state index in [4.69, 9.17) is 9.47 Å². The maximum Gasteiger partial charge on any atom is 0.161 e. The summed E-state index contributed by atoms with van der Waals surface area (Å²) in [7, 11) is 0. The summed E-state index contributed by atoms with van der Waals surface area (Å²) >= 11 is 0. The fourth-order valence-corrected chi connectivity index (χ4v) is 1.81. The Labute approximate surface area is 96.8 Å². The first kappa shape index (κ1) is 11.3. The monoisotopic (exact) mass is 221 g/mol. The topological polar surface area (TPSA) is 30.5 Å². The van der Waals surface area contributed by atoms with E-state index >= 15 is 0 Å². The van der Waals surface area contributed by atoms with Crippen LogP contribution in [-0.4, -0.2) is 25.3 Å². The predicted octanol–water partition coefficient (Wildman–Crippen LogP) is 2.21. The summed E-state index contributed by atoms with van der Waals surface area (Å²) in [5.41, 5.74) is 0. The van der Waals surface area contributed by atoms with Crippen LogP contribution in [0.25, 0.3) is 0 Å². The van der Waals surface area contributed by atoms with Gasteiger partial charge in [-0.25, -0.2) is 0 Å². The molecule has 1 atom stereocenters. The van der Waals surface area contributed by atoms with Crippen LogP contribution in [0.15, 0.2) is 24.3 Å². The van der Waals surface area contributed by atoms with Crippen LogP contribution in [0.5, 0.6) is 11.5 Å². The summed E-state index contributed by atoms with van der Waals surface area (Å²) in [6, 6.07) is 7.87. The first-order valence-electron chi connectivity index (χ1n) is 5.89. The number of hydrogen-bond donors (Lipinski definition) is 1. The van der Waals surface area contributed by atoms with E-state index in [1.807, 2.05) is 38.1 Å². The third kappa shape index (κ3) is 2.89. The molecule has 1 aliphatic heterocycles. The van der Waals surface area contributed by atoms with Crippen molar-refractivity contribution in [3.63, 3.8) is 0 Å². The molecule has 0 bridgehead atoms. The van der Waals surface area contributed by atoms with E-state index < -0.39 is 0 Å². The lowest BCUT2D eigenvalue weighted by Crippen LogP contribution is -2.20. The van der Waals surface area contributed by atoms with Gasteiger partial charge in [0.25, 0.3) is 0 Å². The van der Waals surface area contributed by atoms with Crippen LogP contribution in [0, 0.1) is 0 Å². The van der Waals surface area contributed by atoms with Crippen molar-refractivity contribution < 1.29 is 9.47 Å². The summed E-state index contributed by atoms with van der Waals surface area (Å²) in [6.07, 6.45) is 1.51. The molecule has 0 aliphatic carbocycles. The van der Waals surface area contributed by atoms with Crippen LogP contribution in [-0.2, 0) is 0 Å². The Morgan fingerprint density at radius 3 is 2.62 bits per heavy atom. The summed E-state index contributed by atoms with van der Waals surface area (Å²) in [6.45, 7) is 6.01. The number of rotatable bonds is 4. The van der Waals surface area contributed by atoms with Gasteiger partial charge in [-0.05, 0) is 38.9 Å². The van der Waals surface area contributed by atoms with Gasteiger partial charge in [0.05, 0.1) is 6.10 Å². The molecule has 1 unspecified atom stereocenters. The van der Waals surface area contributed by atoms with E-state index in [9.17, 15) is 0 Å². The smallest absolute Gasteiger partial charge is 0.161 e. The average molecular weight is 221 g/mol. The average Bonchev–Trinajstić information content (AvgIpc) is 2.73. The second kappa shape index (κ2) is 5.21. The van der Waals surface area contributed by atoms with E-state index in [1.54, 1.807) is 0 Å². The van der Waals surface area contributed by atoms with Crippen molar-refractivity contribution in [2.45, 2.75) is 32.5 Å². The van der Waals surface area contributed by atoms with Gasteiger partial charge in [0, 0.05) is 6.54 Å². The fourth-order valence-electron chi connectivity index (χ4n) is 1.81. The minimum absolute atomic E-state index is 0.173. The molecule has 1 aromatic rings. The number of benzene rings is 1. The Kier molecular flexibility index (Phi) is 3.67. The lowest BCUT2D eigenvalue weighted by atomic mass is 10.3. The Balaban J connectivity index is 2.06. The molecule has 2 rings (SSSR count). The highest BCUT2D eigenvalue weighted by Gasteiger charge is 2.17. The molecule has 0 radical (unpaired) electrons. The summed E-state index contributed by atoms with van der Waals surface area (Å²) in [4.78, 5) is 0. The first-order valence-corrected chi connectivity index (χ1v) is 5.89. The highest BCUT2D eigenvalue weighted by atomic mass is 16.5. The zero-order valence-corrected chi connectivity index (χ0v) is 9.90. The highest BCUT2D eigenvalue weighted by Crippen LogP contribution is 2.29. The van der Waals surface area contributed by atoms with Gasteiger partial charge in [0.2, 0.25) is 0 Å². The van der Waals surface area contributed by atoms with Crippen LogP contribution in [0.2, 0.25) is 0 Å². The third-order valence-electron chi connectivity index (χ3n) is 2.52. The lowest BCUT2D eigenvalue weighted by molar-refractivity contribution is 0.189. The zero-order chi connectivity index (χ0) is 11.4. The Morgan fingerprint density at radius 1 is 1.25 bits per heavy atom. The Bertz CT molecular complexity index is 332. The maximum atomic E-state index is 5.92. The summed E-state index contributed by atoms with van der Waals surface area (Å²) in [5, 5.41) is 3.29. The quantitative estimate of drug-likeness (QED) is 0.845. The molecule has 1 heterocycles. The molecular formula is C13H19NO2. The van der Waals surface area contributed by atoms with Crippen molar-refractivity contribution in [1.82, 2.24) is 5.32 Å². The summed E-state index contributed by atoms with van der Waals surface area (Å²) < 4.78 is 11.6. The fraction of sp³-hybridized carbons (Fsp3) is 0.538. The molecule has 0 amide bonds. The van der Waals surface area contributed by atoms with Gasteiger partial charge in [-0.15, -0.1) is 0 Å². The van der Waals surface area contributed by atoms with Crippen molar-refractivity contribution >= 4 is 0 Å². The van der Waals surface area contributed by atoms with E-state index in [-0.39, 0.29) is 12.2 Å². The van der Waals surface area contributed by atoms with Crippen molar-refractivity contribution in [2.75, 3.05) is 13.1 Å². The van der Waals surface area contributed by atoms with Crippen LogP contribution in [0.3, 0.4) is 0 Å². The molecule has 16 heavy (non-hydrogen) atoms. The van der Waals surface area contributed by atoms with Gasteiger partial charge >= 0.3 is 0 Å². The lowest BCUT2D eigenvalue weighted by Gasteiger charge is -2.17. The molecule has 1 N–H and O–H groups in total.